The van der Waals surface area contributed by atoms with Gasteiger partial charge >= 0.3 is 5.97 Å². The molecule has 0 unspecified atom stereocenters. The third kappa shape index (κ3) is 4.11. The van der Waals surface area contributed by atoms with Crippen molar-refractivity contribution in [2.75, 3.05) is 32.8 Å². The van der Waals surface area contributed by atoms with E-state index < -0.39 is 18.0 Å². The largest absolute Gasteiger partial charge is 0.496 e. The molecule has 0 saturated heterocycles. The molecular weight excluding hydrogens is 366 g/mol. The number of carbonyl (C=O) groups excluding carboxylic acids is 2. The number of anilines is 1. The van der Waals surface area contributed by atoms with E-state index in [0.717, 1.165) is 0 Å². The highest BCUT2D eigenvalue weighted by molar-refractivity contribution is 5.99. The highest BCUT2D eigenvalue weighted by atomic mass is 16.6. The monoisotopic (exact) mass is 387 g/mol. The van der Waals surface area contributed by atoms with Crippen LogP contribution in [0, 0.1) is 0 Å². The average Bonchev–Trinajstić information content (AvgIpc) is 2.72. The molecule has 2 aromatic carbocycles. The summed E-state index contributed by atoms with van der Waals surface area (Å²) in [5.74, 6) is 0.546. The van der Waals surface area contributed by atoms with Gasteiger partial charge in [-0.05, 0) is 31.2 Å². The third-order valence-corrected chi connectivity index (χ3v) is 4.09. The SMILES string of the molecule is COc1cccc(OC)c1C(=O)O[C@H](C)C(=O)Nc1ccc2c(c1)OCCO2. The first-order valence-corrected chi connectivity index (χ1v) is 8.66. The molecule has 0 saturated carbocycles. The Morgan fingerprint density at radius 2 is 1.64 bits per heavy atom. The van der Waals surface area contributed by atoms with Crippen molar-refractivity contribution in [1.82, 2.24) is 0 Å². The van der Waals surface area contributed by atoms with Gasteiger partial charge in [0.1, 0.15) is 30.3 Å². The number of hydrogen-bond acceptors (Lipinski definition) is 7. The number of amides is 1. The summed E-state index contributed by atoms with van der Waals surface area (Å²) in [7, 11) is 2.87. The number of ether oxygens (including phenoxy) is 5. The van der Waals surface area contributed by atoms with Gasteiger partial charge in [-0.1, -0.05) is 6.07 Å². The molecule has 1 atom stereocenters. The highest BCUT2D eigenvalue weighted by Gasteiger charge is 2.25. The molecule has 0 fully saturated rings. The minimum absolute atomic E-state index is 0.117. The Morgan fingerprint density at radius 3 is 2.29 bits per heavy atom. The lowest BCUT2D eigenvalue weighted by Gasteiger charge is -2.20. The van der Waals surface area contributed by atoms with Crippen molar-refractivity contribution in [2.24, 2.45) is 0 Å². The minimum Gasteiger partial charge on any atom is -0.496 e. The van der Waals surface area contributed by atoms with Crippen LogP contribution in [0.5, 0.6) is 23.0 Å². The molecule has 1 aliphatic rings. The van der Waals surface area contributed by atoms with Crippen LogP contribution >= 0.6 is 0 Å². The van der Waals surface area contributed by atoms with Crippen molar-refractivity contribution in [2.45, 2.75) is 13.0 Å². The third-order valence-electron chi connectivity index (χ3n) is 4.09. The second-order valence-electron chi connectivity index (χ2n) is 5.93. The number of methoxy groups -OCH3 is 2. The molecule has 0 aliphatic carbocycles. The molecule has 1 aliphatic heterocycles. The summed E-state index contributed by atoms with van der Waals surface area (Å²) in [6.45, 7) is 2.41. The van der Waals surface area contributed by atoms with Crippen molar-refractivity contribution in [3.63, 3.8) is 0 Å². The van der Waals surface area contributed by atoms with Crippen LogP contribution in [0.4, 0.5) is 5.69 Å². The summed E-state index contributed by atoms with van der Waals surface area (Å²) in [6.07, 6.45) is -1.05. The molecule has 0 bridgehead atoms. The summed E-state index contributed by atoms with van der Waals surface area (Å²) in [4.78, 5) is 25.0. The van der Waals surface area contributed by atoms with Crippen molar-refractivity contribution in [3.8, 4) is 23.0 Å². The van der Waals surface area contributed by atoms with Crippen molar-refractivity contribution < 1.29 is 33.3 Å². The number of hydrogen-bond donors (Lipinski definition) is 1. The molecular formula is C20H21NO7. The molecule has 8 heteroatoms. The van der Waals surface area contributed by atoms with E-state index in [4.69, 9.17) is 23.7 Å². The predicted molar refractivity (Wildman–Crippen MR) is 100 cm³/mol. The molecule has 1 N–H and O–H groups in total. The van der Waals surface area contributed by atoms with E-state index in [1.807, 2.05) is 0 Å². The number of rotatable bonds is 6. The first-order chi connectivity index (χ1) is 13.5. The highest BCUT2D eigenvalue weighted by Crippen LogP contribution is 2.33. The number of benzene rings is 2. The standard InChI is InChI=1S/C20H21NO7/c1-12(28-20(23)18-15(24-2)5-4-6-16(18)25-3)19(22)21-13-7-8-14-17(11-13)27-10-9-26-14/h4-8,11-12H,9-10H2,1-3H3,(H,21,22)/t12-/m1/s1. The number of esters is 1. The fraction of sp³-hybridized carbons (Fsp3) is 0.300. The Kier molecular flexibility index (Phi) is 5.88. The van der Waals surface area contributed by atoms with Gasteiger partial charge in [0, 0.05) is 11.8 Å². The first-order valence-electron chi connectivity index (χ1n) is 8.66. The van der Waals surface area contributed by atoms with Gasteiger partial charge in [-0.15, -0.1) is 0 Å². The summed E-state index contributed by atoms with van der Waals surface area (Å²) in [5, 5.41) is 2.69. The molecule has 1 heterocycles. The topological polar surface area (TPSA) is 92.3 Å². The maximum Gasteiger partial charge on any atom is 0.346 e. The predicted octanol–water partition coefficient (Wildman–Crippen LogP) is 2.66. The lowest BCUT2D eigenvalue weighted by Crippen LogP contribution is -2.30. The van der Waals surface area contributed by atoms with Crippen LogP contribution in [0.3, 0.4) is 0 Å². The number of nitrogens with one attached hydrogen (secondary N) is 1. The molecule has 0 radical (unpaired) electrons. The van der Waals surface area contributed by atoms with E-state index in [-0.39, 0.29) is 5.56 Å². The van der Waals surface area contributed by atoms with Gasteiger partial charge in [-0.25, -0.2) is 4.79 Å². The van der Waals surface area contributed by atoms with Crippen molar-refractivity contribution in [1.29, 1.82) is 0 Å². The van der Waals surface area contributed by atoms with E-state index in [0.29, 0.717) is 41.9 Å². The number of carbonyl (C=O) groups is 2. The zero-order chi connectivity index (χ0) is 20.1. The second-order valence-corrected chi connectivity index (χ2v) is 5.93. The Hall–Kier alpha value is -3.42. The molecule has 28 heavy (non-hydrogen) atoms. The molecule has 8 nitrogen and oxygen atoms in total. The smallest absolute Gasteiger partial charge is 0.346 e. The van der Waals surface area contributed by atoms with Crippen molar-refractivity contribution >= 4 is 17.6 Å². The lowest BCUT2D eigenvalue weighted by molar-refractivity contribution is -0.123. The fourth-order valence-electron chi connectivity index (χ4n) is 2.69. The fourth-order valence-corrected chi connectivity index (χ4v) is 2.69. The normalized spacial score (nSPS) is 13.2. The van der Waals surface area contributed by atoms with E-state index in [1.165, 1.54) is 21.1 Å². The summed E-state index contributed by atoms with van der Waals surface area (Å²) >= 11 is 0. The van der Waals surface area contributed by atoms with Gasteiger partial charge < -0.3 is 29.0 Å². The average molecular weight is 387 g/mol. The minimum atomic E-state index is -1.05. The van der Waals surface area contributed by atoms with E-state index in [1.54, 1.807) is 36.4 Å². The Morgan fingerprint density at radius 1 is 1.00 bits per heavy atom. The van der Waals surface area contributed by atoms with Gasteiger partial charge in [-0.2, -0.15) is 0 Å². The maximum atomic E-state index is 12.6. The van der Waals surface area contributed by atoms with Crippen LogP contribution < -0.4 is 24.3 Å². The first kappa shape index (κ1) is 19.3. The maximum absolute atomic E-state index is 12.6. The van der Waals surface area contributed by atoms with Crippen LogP contribution in [-0.2, 0) is 9.53 Å². The summed E-state index contributed by atoms with van der Waals surface area (Å²) in [6, 6.07) is 9.96. The van der Waals surface area contributed by atoms with E-state index in [9.17, 15) is 9.59 Å². The molecule has 0 aromatic heterocycles. The van der Waals surface area contributed by atoms with E-state index >= 15 is 0 Å². The lowest BCUT2D eigenvalue weighted by atomic mass is 10.1. The summed E-state index contributed by atoms with van der Waals surface area (Å²) in [5.41, 5.74) is 0.624. The zero-order valence-electron chi connectivity index (χ0n) is 15.8. The molecule has 2 aromatic rings. The molecule has 3 rings (SSSR count). The Bertz CT molecular complexity index is 859. The van der Waals surface area contributed by atoms with Gasteiger partial charge in [-0.3, -0.25) is 4.79 Å². The Balaban J connectivity index is 1.68. The van der Waals surface area contributed by atoms with Crippen molar-refractivity contribution in [3.05, 3.63) is 42.0 Å². The van der Waals surface area contributed by atoms with Gasteiger partial charge in [0.2, 0.25) is 0 Å². The van der Waals surface area contributed by atoms with Crippen LogP contribution in [0.15, 0.2) is 36.4 Å². The molecule has 0 spiro atoms. The van der Waals surface area contributed by atoms with Crippen LogP contribution in [0.2, 0.25) is 0 Å². The van der Waals surface area contributed by atoms with E-state index in [2.05, 4.69) is 5.32 Å². The van der Waals surface area contributed by atoms with Crippen LogP contribution in [0.1, 0.15) is 17.3 Å². The van der Waals surface area contributed by atoms with Crippen LogP contribution in [0.25, 0.3) is 0 Å². The summed E-state index contributed by atoms with van der Waals surface area (Å²) < 4.78 is 26.6. The van der Waals surface area contributed by atoms with Crippen LogP contribution in [-0.4, -0.2) is 45.4 Å². The van der Waals surface area contributed by atoms with Gasteiger partial charge in [0.25, 0.3) is 5.91 Å². The zero-order valence-corrected chi connectivity index (χ0v) is 15.8. The van der Waals surface area contributed by atoms with Gasteiger partial charge in [0.05, 0.1) is 14.2 Å². The van der Waals surface area contributed by atoms with Gasteiger partial charge in [0.15, 0.2) is 17.6 Å². The molecule has 1 amide bonds. The number of fused-ring (bicyclic) bond motifs is 1. The molecule has 148 valence electrons. The second kappa shape index (κ2) is 8.51. The quantitative estimate of drug-likeness (QED) is 0.762. The Labute approximate surface area is 162 Å².